The van der Waals surface area contributed by atoms with Crippen LogP contribution < -0.4 is 0 Å². The lowest BCUT2D eigenvalue weighted by Gasteiger charge is -2.18. The van der Waals surface area contributed by atoms with Crippen LogP contribution in [0.5, 0.6) is 5.75 Å². The van der Waals surface area contributed by atoms with E-state index < -0.39 is 0 Å². The van der Waals surface area contributed by atoms with E-state index in [-0.39, 0.29) is 23.6 Å². The summed E-state index contributed by atoms with van der Waals surface area (Å²) >= 11 is 7.94. The first kappa shape index (κ1) is 25.5. The summed E-state index contributed by atoms with van der Waals surface area (Å²) in [6, 6.07) is 15.2. The molecule has 1 aromatic heterocycles. The third-order valence-electron chi connectivity index (χ3n) is 5.25. The van der Waals surface area contributed by atoms with Crippen molar-refractivity contribution in [2.24, 2.45) is 10.2 Å². The van der Waals surface area contributed by atoms with Crippen molar-refractivity contribution in [1.82, 2.24) is 4.90 Å². The number of furan rings is 1. The number of carbonyl (C=O) groups excluding carboxylic acids is 1. The number of rotatable bonds is 5. The molecular formula is C26H23Br2N3O3S. The van der Waals surface area contributed by atoms with Crippen molar-refractivity contribution in [3.63, 3.8) is 0 Å². The molecule has 1 amide bonds. The predicted octanol–water partition coefficient (Wildman–Crippen LogP) is 7.31. The standard InChI is InChI=1S/C26H23Br2N3O3S/c1-26(2,3)18-8-6-16(7-9-18)14-29-30-25-31(15-20-5-4-10-34-20)24(33)22(35-25)12-17-11-19(27)13-21(28)23(17)32/h4-14,32H,15H2,1-3H3/b22-12-,29-14-,30-25+. The Hall–Kier alpha value is -2.62. The maximum absolute atomic E-state index is 13.2. The van der Waals surface area contributed by atoms with E-state index in [2.05, 4.69) is 75.0 Å². The van der Waals surface area contributed by atoms with E-state index >= 15 is 0 Å². The molecule has 0 unspecified atom stereocenters. The number of halogens is 2. The summed E-state index contributed by atoms with van der Waals surface area (Å²) in [6.45, 7) is 6.73. The van der Waals surface area contributed by atoms with Gasteiger partial charge in [-0.1, -0.05) is 61.0 Å². The van der Waals surface area contributed by atoms with Crippen LogP contribution in [0.25, 0.3) is 6.08 Å². The number of phenols is 1. The number of benzene rings is 2. The molecule has 9 heteroatoms. The van der Waals surface area contributed by atoms with E-state index in [1.165, 1.54) is 22.2 Å². The van der Waals surface area contributed by atoms with Crippen LogP contribution in [0.2, 0.25) is 0 Å². The van der Waals surface area contributed by atoms with Gasteiger partial charge in [0.25, 0.3) is 5.91 Å². The molecule has 0 bridgehead atoms. The molecule has 35 heavy (non-hydrogen) atoms. The number of amidine groups is 1. The molecule has 2 heterocycles. The van der Waals surface area contributed by atoms with Gasteiger partial charge in [-0.05, 0) is 74.6 Å². The van der Waals surface area contributed by atoms with Crippen LogP contribution in [0, 0.1) is 0 Å². The first-order chi connectivity index (χ1) is 16.6. The molecule has 6 nitrogen and oxygen atoms in total. The molecule has 0 atom stereocenters. The molecule has 2 aromatic carbocycles. The molecule has 0 radical (unpaired) electrons. The second-order valence-corrected chi connectivity index (χ2v) is 11.7. The summed E-state index contributed by atoms with van der Waals surface area (Å²) in [5.41, 5.74) is 2.72. The van der Waals surface area contributed by atoms with Crippen molar-refractivity contribution >= 4 is 67.0 Å². The molecule has 0 spiro atoms. The minimum atomic E-state index is -0.245. The van der Waals surface area contributed by atoms with Crippen LogP contribution in [-0.2, 0) is 16.8 Å². The summed E-state index contributed by atoms with van der Waals surface area (Å²) in [5, 5.41) is 19.4. The molecule has 0 aliphatic carbocycles. The van der Waals surface area contributed by atoms with Gasteiger partial charge >= 0.3 is 0 Å². The largest absolute Gasteiger partial charge is 0.506 e. The smallest absolute Gasteiger partial charge is 0.267 e. The van der Waals surface area contributed by atoms with Crippen LogP contribution in [0.1, 0.15) is 43.2 Å². The van der Waals surface area contributed by atoms with Crippen molar-refractivity contribution in [3.05, 3.63) is 91.1 Å². The molecule has 0 saturated carbocycles. The van der Waals surface area contributed by atoms with Crippen molar-refractivity contribution in [3.8, 4) is 5.75 Å². The number of phenolic OH excluding ortho intramolecular Hbond substituents is 1. The second-order valence-electron chi connectivity index (χ2n) is 8.91. The van der Waals surface area contributed by atoms with Crippen LogP contribution in [0.15, 0.2) is 83.3 Å². The maximum Gasteiger partial charge on any atom is 0.267 e. The van der Waals surface area contributed by atoms with Gasteiger partial charge in [0.05, 0.1) is 28.4 Å². The Morgan fingerprint density at radius 2 is 1.89 bits per heavy atom. The number of nitrogens with zero attached hydrogens (tertiary/aromatic N) is 3. The normalized spacial score (nSPS) is 16.8. The SMILES string of the molecule is CC(C)(C)c1ccc(/C=N\N=C2\S/C(=C\c3cc(Br)cc(Br)c3O)C(=O)N2Cc2ccco2)cc1. The number of hydrogen-bond donors (Lipinski definition) is 1. The minimum absolute atomic E-state index is 0.0498. The van der Waals surface area contributed by atoms with E-state index in [4.69, 9.17) is 4.42 Å². The lowest BCUT2D eigenvalue weighted by Crippen LogP contribution is -2.28. The maximum atomic E-state index is 13.2. The fourth-order valence-electron chi connectivity index (χ4n) is 3.33. The van der Waals surface area contributed by atoms with Crippen LogP contribution in [0.3, 0.4) is 0 Å². The van der Waals surface area contributed by atoms with E-state index in [0.29, 0.717) is 25.9 Å². The first-order valence-electron chi connectivity index (χ1n) is 10.8. The highest BCUT2D eigenvalue weighted by Crippen LogP contribution is 2.38. The number of carbonyl (C=O) groups is 1. The van der Waals surface area contributed by atoms with Gasteiger partial charge in [-0.3, -0.25) is 9.69 Å². The number of hydrogen-bond acceptors (Lipinski definition) is 6. The van der Waals surface area contributed by atoms with Crippen LogP contribution in [-0.4, -0.2) is 27.3 Å². The quantitative estimate of drug-likeness (QED) is 0.185. The number of amides is 1. The Morgan fingerprint density at radius 3 is 2.54 bits per heavy atom. The third kappa shape index (κ3) is 6.15. The molecular weight excluding hydrogens is 594 g/mol. The molecule has 1 aliphatic rings. The second kappa shape index (κ2) is 10.6. The molecule has 1 N–H and O–H groups in total. The molecule has 3 aromatic rings. The fraction of sp³-hybridized carbons (Fsp3) is 0.192. The topological polar surface area (TPSA) is 78.4 Å². The average molecular weight is 617 g/mol. The highest BCUT2D eigenvalue weighted by Gasteiger charge is 2.34. The van der Waals surface area contributed by atoms with E-state index in [9.17, 15) is 9.90 Å². The highest BCUT2D eigenvalue weighted by molar-refractivity contribution is 9.11. The Kier molecular flexibility index (Phi) is 7.68. The summed E-state index contributed by atoms with van der Waals surface area (Å²) < 4.78 is 6.74. The van der Waals surface area contributed by atoms with Crippen molar-refractivity contribution < 1.29 is 14.3 Å². The van der Waals surface area contributed by atoms with Gasteiger partial charge in [0.15, 0.2) is 5.17 Å². The van der Waals surface area contributed by atoms with Gasteiger partial charge in [0.1, 0.15) is 11.5 Å². The summed E-state index contributed by atoms with van der Waals surface area (Å²) in [5.74, 6) is 0.432. The van der Waals surface area contributed by atoms with Gasteiger partial charge in [-0.2, -0.15) is 5.10 Å². The van der Waals surface area contributed by atoms with E-state index in [1.54, 1.807) is 42.8 Å². The zero-order chi connectivity index (χ0) is 25.2. The fourth-order valence-corrected chi connectivity index (χ4v) is 5.52. The van der Waals surface area contributed by atoms with Gasteiger partial charge in [-0.25, -0.2) is 0 Å². The zero-order valence-corrected chi connectivity index (χ0v) is 23.3. The van der Waals surface area contributed by atoms with Crippen LogP contribution in [0.4, 0.5) is 0 Å². The lowest BCUT2D eigenvalue weighted by molar-refractivity contribution is -0.122. The Bertz CT molecular complexity index is 1330. The Balaban J connectivity index is 1.63. The highest BCUT2D eigenvalue weighted by atomic mass is 79.9. The van der Waals surface area contributed by atoms with Gasteiger partial charge in [0.2, 0.25) is 0 Å². The summed E-state index contributed by atoms with van der Waals surface area (Å²) in [7, 11) is 0. The zero-order valence-electron chi connectivity index (χ0n) is 19.3. The minimum Gasteiger partial charge on any atom is -0.506 e. The molecule has 1 saturated heterocycles. The molecule has 1 aliphatic heterocycles. The monoisotopic (exact) mass is 615 g/mol. The van der Waals surface area contributed by atoms with Crippen molar-refractivity contribution in [1.29, 1.82) is 0 Å². The number of thioether (sulfide) groups is 1. The van der Waals surface area contributed by atoms with Crippen LogP contribution >= 0.6 is 43.6 Å². The van der Waals surface area contributed by atoms with Gasteiger partial charge in [0, 0.05) is 10.0 Å². The van der Waals surface area contributed by atoms with E-state index in [0.717, 1.165) is 10.0 Å². The predicted molar refractivity (Wildman–Crippen MR) is 149 cm³/mol. The first-order valence-corrected chi connectivity index (χ1v) is 13.2. The van der Waals surface area contributed by atoms with E-state index in [1.807, 2.05) is 12.1 Å². The summed E-state index contributed by atoms with van der Waals surface area (Å²) in [4.78, 5) is 15.2. The summed E-state index contributed by atoms with van der Waals surface area (Å²) in [6.07, 6.45) is 4.87. The van der Waals surface area contributed by atoms with Crippen molar-refractivity contribution in [2.75, 3.05) is 0 Å². The van der Waals surface area contributed by atoms with Gasteiger partial charge < -0.3 is 9.52 Å². The third-order valence-corrected chi connectivity index (χ3v) is 7.31. The van der Waals surface area contributed by atoms with Crippen molar-refractivity contribution in [2.45, 2.75) is 32.7 Å². The lowest BCUT2D eigenvalue weighted by atomic mass is 9.87. The molecule has 1 fully saturated rings. The average Bonchev–Trinajstić information content (AvgIpc) is 3.41. The number of aromatic hydroxyl groups is 1. The molecule has 180 valence electrons. The Morgan fingerprint density at radius 1 is 1.14 bits per heavy atom. The van der Waals surface area contributed by atoms with Gasteiger partial charge in [-0.15, -0.1) is 5.10 Å². The molecule has 4 rings (SSSR count). The Labute approximate surface area is 225 Å².